The van der Waals surface area contributed by atoms with Crippen LogP contribution in [0.1, 0.15) is 17.0 Å². The molecule has 0 unspecified atom stereocenters. The maximum atomic E-state index is 13.3. The Kier molecular flexibility index (Phi) is 5.45. The van der Waals surface area contributed by atoms with Gasteiger partial charge < -0.3 is 0 Å². The number of benzene rings is 3. The van der Waals surface area contributed by atoms with E-state index in [1.807, 2.05) is 49.4 Å². The number of hydrogen-bond donors (Lipinski definition) is 0. The van der Waals surface area contributed by atoms with Gasteiger partial charge in [0.2, 0.25) is 0 Å². The molecule has 0 aliphatic carbocycles. The molecule has 4 rings (SSSR count). The fraction of sp³-hybridized carbons (Fsp3) is 0.0435. The highest BCUT2D eigenvalue weighted by Crippen LogP contribution is 2.20. The first kappa shape index (κ1) is 20.0. The zero-order valence-electron chi connectivity index (χ0n) is 15.9. The molecule has 148 valence electrons. The molecule has 0 radical (unpaired) electrons. The van der Waals surface area contributed by atoms with Gasteiger partial charge in [-0.3, -0.25) is 19.5 Å². The van der Waals surface area contributed by atoms with Crippen molar-refractivity contribution in [2.75, 3.05) is 0 Å². The second kappa shape index (κ2) is 8.19. The zero-order chi connectivity index (χ0) is 21.3. The first-order chi connectivity index (χ1) is 14.4. The lowest BCUT2D eigenvalue weighted by Crippen LogP contribution is -2.22. The molecule has 0 amide bonds. The molecule has 0 saturated carbocycles. The standard InChI is InChI=1S/C23H16IN3O3/c1-15-2-4-16(5-3-15)6-13-22-25-21-12-7-17(24)14-20(21)23(28)26(22)18-8-10-19(11-9-18)27(29)30/h2-14H,1H3/b13-6+. The monoisotopic (exact) mass is 509 g/mol. The Hall–Kier alpha value is -3.33. The van der Waals surface area contributed by atoms with Gasteiger partial charge in [-0.25, -0.2) is 4.98 Å². The predicted octanol–water partition coefficient (Wildman–Crippen LogP) is 5.38. The van der Waals surface area contributed by atoms with E-state index in [4.69, 9.17) is 0 Å². The topological polar surface area (TPSA) is 78.0 Å². The van der Waals surface area contributed by atoms with Crippen molar-refractivity contribution >= 4 is 51.3 Å². The van der Waals surface area contributed by atoms with Gasteiger partial charge in [-0.1, -0.05) is 35.9 Å². The maximum Gasteiger partial charge on any atom is 0.269 e. The predicted molar refractivity (Wildman–Crippen MR) is 127 cm³/mol. The number of rotatable bonds is 4. The number of fused-ring (bicyclic) bond motifs is 1. The van der Waals surface area contributed by atoms with E-state index in [0.717, 1.165) is 14.7 Å². The molecule has 1 heterocycles. The van der Waals surface area contributed by atoms with Crippen LogP contribution in [-0.4, -0.2) is 14.5 Å². The van der Waals surface area contributed by atoms with Crippen LogP contribution in [0.3, 0.4) is 0 Å². The second-order valence-corrected chi connectivity index (χ2v) is 8.04. The molecule has 0 fully saturated rings. The van der Waals surface area contributed by atoms with Gasteiger partial charge in [0.15, 0.2) is 0 Å². The molecule has 1 aromatic heterocycles. The van der Waals surface area contributed by atoms with Gasteiger partial charge in [0.25, 0.3) is 11.2 Å². The molecule has 30 heavy (non-hydrogen) atoms. The first-order valence-corrected chi connectivity index (χ1v) is 10.2. The fourth-order valence-electron chi connectivity index (χ4n) is 3.11. The lowest BCUT2D eigenvalue weighted by Gasteiger charge is -2.11. The van der Waals surface area contributed by atoms with Crippen molar-refractivity contribution in [2.45, 2.75) is 6.92 Å². The minimum absolute atomic E-state index is 0.0353. The fourth-order valence-corrected chi connectivity index (χ4v) is 3.60. The van der Waals surface area contributed by atoms with E-state index in [0.29, 0.717) is 22.4 Å². The molecule has 0 saturated heterocycles. The Morgan fingerprint density at radius 1 is 1.00 bits per heavy atom. The highest BCUT2D eigenvalue weighted by molar-refractivity contribution is 14.1. The van der Waals surface area contributed by atoms with Crippen LogP contribution in [0.5, 0.6) is 0 Å². The quantitative estimate of drug-likeness (QED) is 0.210. The van der Waals surface area contributed by atoms with Gasteiger partial charge in [-0.2, -0.15) is 0 Å². The van der Waals surface area contributed by atoms with Crippen LogP contribution in [0.4, 0.5) is 5.69 Å². The molecule has 7 heteroatoms. The molecule has 0 bridgehead atoms. The minimum Gasteiger partial charge on any atom is -0.268 e. The molecule has 0 atom stereocenters. The highest BCUT2D eigenvalue weighted by Gasteiger charge is 2.13. The van der Waals surface area contributed by atoms with Gasteiger partial charge in [-0.15, -0.1) is 0 Å². The summed E-state index contributed by atoms with van der Waals surface area (Å²) in [6.07, 6.45) is 3.67. The van der Waals surface area contributed by atoms with Crippen LogP contribution in [0, 0.1) is 20.6 Å². The summed E-state index contributed by atoms with van der Waals surface area (Å²) in [6.45, 7) is 2.02. The van der Waals surface area contributed by atoms with E-state index >= 15 is 0 Å². The molecule has 3 aromatic carbocycles. The van der Waals surface area contributed by atoms with E-state index in [9.17, 15) is 14.9 Å². The largest absolute Gasteiger partial charge is 0.269 e. The van der Waals surface area contributed by atoms with Crippen LogP contribution in [0.15, 0.2) is 71.5 Å². The van der Waals surface area contributed by atoms with Gasteiger partial charge in [0, 0.05) is 15.7 Å². The number of hydrogen-bond acceptors (Lipinski definition) is 4. The minimum atomic E-state index is -0.467. The Balaban J connectivity index is 1.92. The van der Waals surface area contributed by atoms with E-state index in [1.165, 1.54) is 16.7 Å². The lowest BCUT2D eigenvalue weighted by molar-refractivity contribution is -0.384. The number of aromatic nitrogens is 2. The van der Waals surface area contributed by atoms with Gasteiger partial charge in [0.1, 0.15) is 5.82 Å². The van der Waals surface area contributed by atoms with Crippen molar-refractivity contribution in [3.63, 3.8) is 0 Å². The second-order valence-electron chi connectivity index (χ2n) is 6.79. The normalized spacial score (nSPS) is 11.3. The Morgan fingerprint density at radius 3 is 2.37 bits per heavy atom. The third-order valence-corrected chi connectivity index (χ3v) is 5.35. The average Bonchev–Trinajstić information content (AvgIpc) is 2.74. The van der Waals surface area contributed by atoms with Crippen molar-refractivity contribution in [1.82, 2.24) is 9.55 Å². The van der Waals surface area contributed by atoms with Crippen LogP contribution in [-0.2, 0) is 0 Å². The van der Waals surface area contributed by atoms with Gasteiger partial charge in [-0.05, 0) is 71.5 Å². The summed E-state index contributed by atoms with van der Waals surface area (Å²) in [5.41, 5.74) is 2.99. The number of nitrogens with zero attached hydrogens (tertiary/aromatic N) is 3. The van der Waals surface area contributed by atoms with E-state index in [2.05, 4.69) is 27.6 Å². The van der Waals surface area contributed by atoms with Crippen LogP contribution in [0.2, 0.25) is 0 Å². The lowest BCUT2D eigenvalue weighted by atomic mass is 10.1. The highest BCUT2D eigenvalue weighted by atomic mass is 127. The molecule has 0 aliphatic heterocycles. The summed E-state index contributed by atoms with van der Waals surface area (Å²) in [7, 11) is 0. The summed E-state index contributed by atoms with van der Waals surface area (Å²) < 4.78 is 2.41. The maximum absolute atomic E-state index is 13.3. The van der Waals surface area contributed by atoms with Crippen molar-refractivity contribution in [2.24, 2.45) is 0 Å². The smallest absolute Gasteiger partial charge is 0.268 e. The van der Waals surface area contributed by atoms with E-state index < -0.39 is 4.92 Å². The average molecular weight is 509 g/mol. The molecule has 4 aromatic rings. The molecular formula is C23H16IN3O3. The number of nitro benzene ring substituents is 1. The molecule has 0 N–H and O–H groups in total. The number of halogens is 1. The molecular weight excluding hydrogens is 493 g/mol. The number of aryl methyl sites for hydroxylation is 1. The molecule has 0 spiro atoms. The Morgan fingerprint density at radius 2 is 1.70 bits per heavy atom. The Bertz CT molecular complexity index is 1340. The summed E-state index contributed by atoms with van der Waals surface area (Å²) in [5, 5.41) is 11.5. The van der Waals surface area contributed by atoms with Crippen molar-refractivity contribution in [3.8, 4) is 5.69 Å². The van der Waals surface area contributed by atoms with Gasteiger partial charge >= 0.3 is 0 Å². The van der Waals surface area contributed by atoms with Crippen LogP contribution in [0.25, 0.3) is 28.7 Å². The summed E-state index contributed by atoms with van der Waals surface area (Å²) >= 11 is 2.15. The van der Waals surface area contributed by atoms with Crippen molar-refractivity contribution < 1.29 is 4.92 Å². The molecule has 6 nitrogen and oxygen atoms in total. The van der Waals surface area contributed by atoms with E-state index in [-0.39, 0.29) is 11.2 Å². The van der Waals surface area contributed by atoms with Crippen molar-refractivity contribution in [1.29, 1.82) is 0 Å². The van der Waals surface area contributed by atoms with E-state index in [1.54, 1.807) is 24.3 Å². The molecule has 0 aliphatic rings. The zero-order valence-corrected chi connectivity index (χ0v) is 18.1. The van der Waals surface area contributed by atoms with Crippen LogP contribution >= 0.6 is 22.6 Å². The number of nitro groups is 1. The first-order valence-electron chi connectivity index (χ1n) is 9.14. The third-order valence-electron chi connectivity index (χ3n) is 4.68. The summed E-state index contributed by atoms with van der Waals surface area (Å²) in [4.78, 5) is 28.5. The third kappa shape index (κ3) is 4.02. The number of non-ortho nitro benzene ring substituents is 1. The van der Waals surface area contributed by atoms with Crippen molar-refractivity contribution in [3.05, 3.63) is 108 Å². The summed E-state index contributed by atoms with van der Waals surface area (Å²) in [6, 6.07) is 19.4. The van der Waals surface area contributed by atoms with Gasteiger partial charge in [0.05, 0.1) is 21.5 Å². The summed E-state index contributed by atoms with van der Waals surface area (Å²) in [5.74, 6) is 0.447. The van der Waals surface area contributed by atoms with Crippen LogP contribution < -0.4 is 5.56 Å². The SMILES string of the molecule is Cc1ccc(/C=C/c2nc3ccc(I)cc3c(=O)n2-c2ccc([N+](=O)[O-])cc2)cc1. The Labute approximate surface area is 185 Å².